The van der Waals surface area contributed by atoms with Gasteiger partial charge in [0.1, 0.15) is 0 Å². The maximum Gasteiger partial charge on any atom is 0.0886 e. The Morgan fingerprint density at radius 1 is 1.07 bits per heavy atom. The van der Waals surface area contributed by atoms with E-state index < -0.39 is 0 Å². The van der Waals surface area contributed by atoms with Gasteiger partial charge < -0.3 is 9.47 Å². The Kier molecular flexibility index (Phi) is 2.61. The average Bonchev–Trinajstić information content (AvgIpc) is 2.46. The lowest BCUT2D eigenvalue weighted by Gasteiger charge is -2.41. The molecular formula is C12H22O2. The summed E-state index contributed by atoms with van der Waals surface area (Å²) in [7, 11) is 0. The van der Waals surface area contributed by atoms with Crippen LogP contribution in [-0.2, 0) is 9.47 Å². The van der Waals surface area contributed by atoms with E-state index in [9.17, 15) is 0 Å². The van der Waals surface area contributed by atoms with E-state index in [4.69, 9.17) is 9.47 Å². The van der Waals surface area contributed by atoms with Crippen LogP contribution in [0.3, 0.4) is 0 Å². The Morgan fingerprint density at radius 3 is 2.43 bits per heavy atom. The van der Waals surface area contributed by atoms with Gasteiger partial charge in [0.05, 0.1) is 18.8 Å². The van der Waals surface area contributed by atoms with Crippen molar-refractivity contribution < 1.29 is 9.47 Å². The lowest BCUT2D eigenvalue weighted by Crippen LogP contribution is -2.45. The fourth-order valence-electron chi connectivity index (χ4n) is 2.80. The van der Waals surface area contributed by atoms with Crippen molar-refractivity contribution in [3.8, 4) is 0 Å². The van der Waals surface area contributed by atoms with E-state index in [2.05, 4.69) is 27.7 Å². The third kappa shape index (κ3) is 1.70. The second kappa shape index (κ2) is 3.49. The van der Waals surface area contributed by atoms with Crippen molar-refractivity contribution >= 4 is 0 Å². The van der Waals surface area contributed by atoms with Gasteiger partial charge in [0.2, 0.25) is 0 Å². The molecule has 2 heterocycles. The van der Waals surface area contributed by atoms with Crippen LogP contribution in [0.5, 0.6) is 0 Å². The summed E-state index contributed by atoms with van der Waals surface area (Å²) >= 11 is 0. The molecule has 0 bridgehead atoms. The lowest BCUT2D eigenvalue weighted by molar-refractivity contribution is -0.113. The molecule has 0 N–H and O–H groups in total. The molecule has 2 heteroatoms. The number of rotatable bonds is 0. The van der Waals surface area contributed by atoms with Gasteiger partial charge in [-0.1, -0.05) is 27.7 Å². The zero-order valence-corrected chi connectivity index (χ0v) is 9.75. The second-order valence-corrected chi connectivity index (χ2v) is 5.87. The maximum atomic E-state index is 5.88. The van der Waals surface area contributed by atoms with Gasteiger partial charge in [-0.25, -0.2) is 0 Å². The van der Waals surface area contributed by atoms with Gasteiger partial charge >= 0.3 is 0 Å². The summed E-state index contributed by atoms with van der Waals surface area (Å²) in [6.07, 6.45) is 1.85. The molecule has 0 aromatic rings. The van der Waals surface area contributed by atoms with Crippen molar-refractivity contribution in [2.45, 2.75) is 46.3 Å². The zero-order valence-electron chi connectivity index (χ0n) is 9.75. The monoisotopic (exact) mass is 198 g/mol. The van der Waals surface area contributed by atoms with Gasteiger partial charge in [-0.2, -0.15) is 0 Å². The highest BCUT2D eigenvalue weighted by Crippen LogP contribution is 2.42. The Morgan fingerprint density at radius 2 is 1.79 bits per heavy atom. The molecule has 2 fully saturated rings. The molecule has 0 amide bonds. The topological polar surface area (TPSA) is 18.5 Å². The predicted octanol–water partition coefficient (Wildman–Crippen LogP) is 2.47. The first-order valence-electron chi connectivity index (χ1n) is 5.73. The molecule has 2 saturated heterocycles. The summed E-state index contributed by atoms with van der Waals surface area (Å²) in [6, 6.07) is 0. The summed E-state index contributed by atoms with van der Waals surface area (Å²) in [5, 5.41) is 0. The standard InChI is InChI=1S/C12H22O2/c1-8-7-14-11-9(12(2,3)4)5-6-13-10(8)11/h8-11H,5-7H2,1-4H3. The summed E-state index contributed by atoms with van der Waals surface area (Å²) in [5.74, 6) is 1.23. The van der Waals surface area contributed by atoms with E-state index in [0.29, 0.717) is 29.5 Å². The molecule has 4 atom stereocenters. The molecular weight excluding hydrogens is 176 g/mol. The lowest BCUT2D eigenvalue weighted by atomic mass is 9.72. The first-order valence-corrected chi connectivity index (χ1v) is 5.73. The second-order valence-electron chi connectivity index (χ2n) is 5.87. The SMILES string of the molecule is CC1COC2C1OCCC2C(C)(C)C. The first kappa shape index (κ1) is 10.4. The van der Waals surface area contributed by atoms with Crippen molar-refractivity contribution in [1.29, 1.82) is 0 Å². The van der Waals surface area contributed by atoms with Crippen molar-refractivity contribution in [1.82, 2.24) is 0 Å². The van der Waals surface area contributed by atoms with Crippen molar-refractivity contribution in [3.63, 3.8) is 0 Å². The normalized spacial score (nSPS) is 43.7. The first-order chi connectivity index (χ1) is 6.50. The maximum absolute atomic E-state index is 5.88. The molecule has 2 rings (SSSR count). The van der Waals surface area contributed by atoms with Gasteiger partial charge in [0.15, 0.2) is 0 Å². The average molecular weight is 198 g/mol. The summed E-state index contributed by atoms with van der Waals surface area (Å²) in [4.78, 5) is 0. The highest BCUT2D eigenvalue weighted by atomic mass is 16.6. The predicted molar refractivity (Wildman–Crippen MR) is 56.2 cm³/mol. The van der Waals surface area contributed by atoms with E-state index >= 15 is 0 Å². The van der Waals surface area contributed by atoms with Gasteiger partial charge in [0.25, 0.3) is 0 Å². The van der Waals surface area contributed by atoms with Gasteiger partial charge in [-0.05, 0) is 17.8 Å². The van der Waals surface area contributed by atoms with Gasteiger partial charge in [-0.3, -0.25) is 0 Å². The third-order valence-electron chi connectivity index (χ3n) is 3.68. The van der Waals surface area contributed by atoms with Crippen molar-refractivity contribution in [2.24, 2.45) is 17.3 Å². The van der Waals surface area contributed by atoms with E-state index in [0.717, 1.165) is 19.6 Å². The molecule has 14 heavy (non-hydrogen) atoms. The van der Waals surface area contributed by atoms with Crippen LogP contribution in [0.25, 0.3) is 0 Å². The number of ether oxygens (including phenoxy) is 2. The molecule has 4 unspecified atom stereocenters. The van der Waals surface area contributed by atoms with E-state index in [1.54, 1.807) is 0 Å². The smallest absolute Gasteiger partial charge is 0.0886 e. The van der Waals surface area contributed by atoms with Gasteiger partial charge in [-0.15, -0.1) is 0 Å². The fraction of sp³-hybridized carbons (Fsp3) is 1.00. The molecule has 0 spiro atoms. The molecule has 82 valence electrons. The summed E-state index contributed by atoms with van der Waals surface area (Å²) in [6.45, 7) is 11.0. The Balaban J connectivity index is 2.13. The quantitative estimate of drug-likeness (QED) is 0.595. The van der Waals surface area contributed by atoms with Crippen LogP contribution in [0.15, 0.2) is 0 Å². The van der Waals surface area contributed by atoms with Crippen LogP contribution in [0.4, 0.5) is 0 Å². The molecule has 0 saturated carbocycles. The summed E-state index contributed by atoms with van der Waals surface area (Å²) < 4.78 is 11.7. The highest BCUT2D eigenvalue weighted by molar-refractivity contribution is 4.94. The van der Waals surface area contributed by atoms with Gasteiger partial charge in [0, 0.05) is 12.5 Å². The molecule has 2 nitrogen and oxygen atoms in total. The van der Waals surface area contributed by atoms with Crippen molar-refractivity contribution in [2.75, 3.05) is 13.2 Å². The Hall–Kier alpha value is -0.0800. The number of hydrogen-bond donors (Lipinski definition) is 0. The van der Waals surface area contributed by atoms with E-state index in [1.807, 2.05) is 0 Å². The minimum atomic E-state index is 0.344. The van der Waals surface area contributed by atoms with Crippen molar-refractivity contribution in [3.05, 3.63) is 0 Å². The number of fused-ring (bicyclic) bond motifs is 1. The van der Waals surface area contributed by atoms with Crippen LogP contribution in [0, 0.1) is 17.3 Å². The third-order valence-corrected chi connectivity index (χ3v) is 3.68. The Labute approximate surface area is 87.0 Å². The van der Waals surface area contributed by atoms with Crippen LogP contribution >= 0.6 is 0 Å². The molecule has 2 aliphatic rings. The Bertz CT molecular complexity index is 207. The van der Waals surface area contributed by atoms with Crippen LogP contribution in [-0.4, -0.2) is 25.4 Å². The van der Waals surface area contributed by atoms with Crippen LogP contribution < -0.4 is 0 Å². The fourth-order valence-corrected chi connectivity index (χ4v) is 2.80. The molecule has 2 aliphatic heterocycles. The summed E-state index contributed by atoms with van der Waals surface area (Å²) in [5.41, 5.74) is 0.344. The molecule has 0 aliphatic carbocycles. The minimum Gasteiger partial charge on any atom is -0.375 e. The minimum absolute atomic E-state index is 0.344. The van der Waals surface area contributed by atoms with Crippen LogP contribution in [0.2, 0.25) is 0 Å². The molecule has 0 aromatic carbocycles. The highest BCUT2D eigenvalue weighted by Gasteiger charge is 2.46. The molecule has 0 aromatic heterocycles. The largest absolute Gasteiger partial charge is 0.375 e. The van der Waals surface area contributed by atoms with Crippen LogP contribution in [0.1, 0.15) is 34.1 Å². The zero-order chi connectivity index (χ0) is 10.3. The number of hydrogen-bond acceptors (Lipinski definition) is 2. The molecule has 0 radical (unpaired) electrons. The van der Waals surface area contributed by atoms with E-state index in [1.165, 1.54) is 0 Å². The van der Waals surface area contributed by atoms with E-state index in [-0.39, 0.29) is 0 Å².